The molecule has 210 valence electrons. The van der Waals surface area contributed by atoms with Gasteiger partial charge in [0.1, 0.15) is 29.0 Å². The molecule has 12 nitrogen and oxygen atoms in total. The Morgan fingerprint density at radius 2 is 1.85 bits per heavy atom. The highest BCUT2D eigenvalue weighted by molar-refractivity contribution is 6.11. The fourth-order valence-electron chi connectivity index (χ4n) is 5.78. The van der Waals surface area contributed by atoms with E-state index in [1.165, 1.54) is 4.90 Å². The zero-order valence-corrected chi connectivity index (χ0v) is 23.6. The Kier molecular flexibility index (Phi) is 6.15. The van der Waals surface area contributed by atoms with Crippen LogP contribution in [-0.2, 0) is 18.5 Å². The smallest absolute Gasteiger partial charge is 0.407 e. The van der Waals surface area contributed by atoms with Crippen LogP contribution in [0.25, 0.3) is 11.5 Å². The van der Waals surface area contributed by atoms with E-state index < -0.39 is 6.09 Å². The van der Waals surface area contributed by atoms with Gasteiger partial charge in [-0.05, 0) is 52.3 Å². The summed E-state index contributed by atoms with van der Waals surface area (Å²) in [6.45, 7) is 10.6. The summed E-state index contributed by atoms with van der Waals surface area (Å²) in [6, 6.07) is 7.71. The lowest BCUT2D eigenvalue weighted by molar-refractivity contribution is 0.0995. The normalized spacial score (nSPS) is 17.9. The molecule has 0 bridgehead atoms. The van der Waals surface area contributed by atoms with E-state index >= 15 is 0 Å². The first-order valence-corrected chi connectivity index (χ1v) is 13.8. The third kappa shape index (κ3) is 4.22. The van der Waals surface area contributed by atoms with E-state index in [4.69, 9.17) is 9.97 Å². The number of hydrogen-bond donors (Lipinski definition) is 1. The van der Waals surface area contributed by atoms with E-state index in [1.807, 2.05) is 36.2 Å². The van der Waals surface area contributed by atoms with Gasteiger partial charge in [-0.2, -0.15) is 0 Å². The largest absolute Gasteiger partial charge is 0.465 e. The van der Waals surface area contributed by atoms with Crippen molar-refractivity contribution < 1.29 is 14.7 Å². The van der Waals surface area contributed by atoms with Gasteiger partial charge in [0.05, 0.1) is 12.1 Å². The third-order valence-electron chi connectivity index (χ3n) is 8.40. The van der Waals surface area contributed by atoms with Crippen LogP contribution in [0.5, 0.6) is 0 Å². The number of pyridine rings is 2. The van der Waals surface area contributed by atoms with Gasteiger partial charge in [-0.1, -0.05) is 6.07 Å². The summed E-state index contributed by atoms with van der Waals surface area (Å²) in [4.78, 5) is 42.5. The molecule has 3 aliphatic heterocycles. The van der Waals surface area contributed by atoms with Crippen molar-refractivity contribution in [1.29, 1.82) is 0 Å². The monoisotopic (exact) mass is 545 g/mol. The number of carboxylic acid groups (broad SMARTS) is 1. The predicted molar refractivity (Wildman–Crippen MR) is 151 cm³/mol. The zero-order chi connectivity index (χ0) is 28.3. The van der Waals surface area contributed by atoms with Gasteiger partial charge in [-0.15, -0.1) is 10.2 Å². The zero-order valence-electron chi connectivity index (χ0n) is 23.6. The number of nitrogens with zero attached hydrogens (tertiary/aromatic N) is 9. The topological polar surface area (TPSA) is 124 Å². The van der Waals surface area contributed by atoms with Gasteiger partial charge in [0.25, 0.3) is 5.91 Å². The molecule has 12 heteroatoms. The van der Waals surface area contributed by atoms with E-state index in [2.05, 4.69) is 47.4 Å². The Morgan fingerprint density at radius 1 is 1.10 bits per heavy atom. The molecule has 3 aromatic rings. The molecule has 6 heterocycles. The molecular formula is C28H35N9O3. The van der Waals surface area contributed by atoms with E-state index in [1.54, 1.807) is 4.90 Å². The van der Waals surface area contributed by atoms with E-state index in [9.17, 15) is 14.7 Å². The minimum Gasteiger partial charge on any atom is -0.465 e. The number of fused-ring (bicyclic) bond motifs is 2. The van der Waals surface area contributed by atoms with Crippen molar-refractivity contribution in [1.82, 2.24) is 29.6 Å². The Balaban J connectivity index is 1.36. The Labute approximate surface area is 233 Å². The highest BCUT2D eigenvalue weighted by Gasteiger charge is 2.37. The summed E-state index contributed by atoms with van der Waals surface area (Å²) >= 11 is 0. The van der Waals surface area contributed by atoms with E-state index in [0.29, 0.717) is 61.4 Å². The molecule has 0 atom stereocenters. The first-order valence-electron chi connectivity index (χ1n) is 13.8. The molecule has 0 aromatic carbocycles. The second kappa shape index (κ2) is 9.46. The van der Waals surface area contributed by atoms with Gasteiger partial charge in [0.2, 0.25) is 0 Å². The number of rotatable bonds is 5. The second-order valence-electron chi connectivity index (χ2n) is 11.7. The summed E-state index contributed by atoms with van der Waals surface area (Å²) < 4.78 is 2.16. The highest BCUT2D eigenvalue weighted by Crippen LogP contribution is 2.38. The first kappa shape index (κ1) is 26.0. The lowest BCUT2D eigenvalue weighted by Crippen LogP contribution is -2.49. The maximum Gasteiger partial charge on any atom is 0.407 e. The standard InChI is InChI=1S/C28H35N9O3/c1-17(2)33(5)23-15-18-19(24(30-23)34-11-13-35(14-12-34)27(39)40)16-36(26(18)38)21-8-6-7-20(29-21)25-32-31-22-9-10-28(3,4)37(22)25/h6-8,15,17H,9-14,16H2,1-5H3,(H,39,40). The summed E-state index contributed by atoms with van der Waals surface area (Å²) in [5.74, 6) is 3.53. The first-order chi connectivity index (χ1) is 19.0. The summed E-state index contributed by atoms with van der Waals surface area (Å²) in [5, 5.41) is 18.3. The molecule has 0 unspecified atom stereocenters. The maximum atomic E-state index is 13.9. The van der Waals surface area contributed by atoms with Crippen LogP contribution in [0.4, 0.5) is 22.2 Å². The average molecular weight is 546 g/mol. The van der Waals surface area contributed by atoms with Gasteiger partial charge in [-0.3, -0.25) is 9.69 Å². The number of aromatic nitrogens is 5. The van der Waals surface area contributed by atoms with E-state index in [0.717, 1.165) is 30.0 Å². The minimum absolute atomic E-state index is 0.102. The van der Waals surface area contributed by atoms with Crippen LogP contribution in [0.1, 0.15) is 55.9 Å². The van der Waals surface area contributed by atoms with Gasteiger partial charge in [0.15, 0.2) is 5.82 Å². The van der Waals surface area contributed by atoms with Crippen molar-refractivity contribution in [3.05, 3.63) is 41.2 Å². The number of carbonyl (C=O) groups is 2. The van der Waals surface area contributed by atoms with Crippen LogP contribution in [0.15, 0.2) is 24.3 Å². The molecule has 0 aliphatic carbocycles. The van der Waals surface area contributed by atoms with Crippen molar-refractivity contribution in [2.75, 3.05) is 47.9 Å². The molecular weight excluding hydrogens is 510 g/mol. The molecule has 1 saturated heterocycles. The molecule has 2 amide bonds. The summed E-state index contributed by atoms with van der Waals surface area (Å²) in [6.07, 6.45) is 0.956. The molecule has 40 heavy (non-hydrogen) atoms. The van der Waals surface area contributed by atoms with Gasteiger partial charge in [-0.25, -0.2) is 14.8 Å². The molecule has 1 N–H and O–H groups in total. The average Bonchev–Trinajstić information content (AvgIpc) is 3.61. The summed E-state index contributed by atoms with van der Waals surface area (Å²) in [7, 11) is 1.96. The van der Waals surface area contributed by atoms with Crippen molar-refractivity contribution in [3.63, 3.8) is 0 Å². The SMILES string of the molecule is CC(C)N(C)c1cc2c(c(N3CCN(C(=O)O)CC3)n1)CN(c1cccc(-c3nnc4n3C(C)(C)CC4)n1)C2=O. The van der Waals surface area contributed by atoms with Crippen LogP contribution in [0, 0.1) is 0 Å². The number of aryl methyl sites for hydroxylation is 1. The predicted octanol–water partition coefficient (Wildman–Crippen LogP) is 3.22. The van der Waals surface area contributed by atoms with Gasteiger partial charge in [0, 0.05) is 56.8 Å². The maximum absolute atomic E-state index is 13.9. The fraction of sp³-hybridized carbons (Fsp3) is 0.500. The van der Waals surface area contributed by atoms with Crippen LogP contribution >= 0.6 is 0 Å². The van der Waals surface area contributed by atoms with Crippen molar-refractivity contribution in [3.8, 4) is 11.5 Å². The van der Waals surface area contributed by atoms with Crippen molar-refractivity contribution in [2.24, 2.45) is 0 Å². The number of piperazine rings is 1. The minimum atomic E-state index is -0.917. The van der Waals surface area contributed by atoms with Gasteiger partial charge >= 0.3 is 6.09 Å². The molecule has 0 saturated carbocycles. The Hall–Kier alpha value is -4.22. The molecule has 3 aliphatic rings. The highest BCUT2D eigenvalue weighted by atomic mass is 16.4. The Bertz CT molecular complexity index is 1490. The quantitative estimate of drug-likeness (QED) is 0.515. The van der Waals surface area contributed by atoms with Gasteiger partial charge < -0.3 is 24.4 Å². The van der Waals surface area contributed by atoms with E-state index in [-0.39, 0.29) is 17.5 Å². The second-order valence-corrected chi connectivity index (χ2v) is 11.7. The molecule has 0 spiro atoms. The molecule has 1 fully saturated rings. The molecule has 6 rings (SSSR count). The fourth-order valence-corrected chi connectivity index (χ4v) is 5.78. The molecule has 3 aromatic heterocycles. The third-order valence-corrected chi connectivity index (χ3v) is 8.40. The van der Waals surface area contributed by atoms with Crippen LogP contribution in [0.3, 0.4) is 0 Å². The van der Waals surface area contributed by atoms with Crippen LogP contribution < -0.4 is 14.7 Å². The Morgan fingerprint density at radius 3 is 2.55 bits per heavy atom. The molecule has 0 radical (unpaired) electrons. The van der Waals surface area contributed by atoms with Crippen LogP contribution in [-0.4, -0.2) is 86.0 Å². The number of hydrogen-bond acceptors (Lipinski definition) is 8. The van der Waals surface area contributed by atoms with Crippen molar-refractivity contribution in [2.45, 2.75) is 58.7 Å². The lowest BCUT2D eigenvalue weighted by Gasteiger charge is -2.35. The lowest BCUT2D eigenvalue weighted by atomic mass is 10.0. The number of carbonyl (C=O) groups excluding carboxylic acids is 1. The number of amides is 2. The van der Waals surface area contributed by atoms with Crippen molar-refractivity contribution >= 4 is 29.5 Å². The summed E-state index contributed by atoms with van der Waals surface area (Å²) in [5.41, 5.74) is 2.02. The number of anilines is 3. The van der Waals surface area contributed by atoms with Crippen LogP contribution in [0.2, 0.25) is 0 Å².